The number of rotatable bonds is 3. The summed E-state index contributed by atoms with van der Waals surface area (Å²) in [6.45, 7) is 6.28. The first kappa shape index (κ1) is 17.7. The highest BCUT2D eigenvalue weighted by atomic mass is 16.2. The number of amides is 2. The average molecular weight is 344 g/mol. The highest BCUT2D eigenvalue weighted by molar-refractivity contribution is 5.95. The molecular formula is C19H28N4O2. The Hall–Kier alpha value is -2.08. The summed E-state index contributed by atoms with van der Waals surface area (Å²) in [5.41, 5.74) is 7.23. The molecule has 2 amide bonds. The predicted molar refractivity (Wildman–Crippen MR) is 98.6 cm³/mol. The Kier molecular flexibility index (Phi) is 5.27. The standard InChI is InChI=1S/C19H28N4O2/c1-14-12-21(2)10-11-23(14)19(25)15-5-7-17(8-6-15)22-9-3-4-16(13-22)18(20)24/h5-8,14,16H,3-4,9-13H2,1-2H3,(H2,20,24)/t14-,16-/m1/s1. The Morgan fingerprint density at radius 1 is 1.08 bits per heavy atom. The lowest BCUT2D eigenvalue weighted by atomic mass is 9.97. The number of nitrogens with zero attached hydrogens (tertiary/aromatic N) is 3. The van der Waals surface area contributed by atoms with Crippen LogP contribution in [-0.4, -0.2) is 67.4 Å². The fraction of sp³-hybridized carbons (Fsp3) is 0.579. The molecule has 0 aromatic heterocycles. The van der Waals surface area contributed by atoms with Crippen LogP contribution in [0.3, 0.4) is 0 Å². The molecule has 2 saturated heterocycles. The van der Waals surface area contributed by atoms with E-state index in [9.17, 15) is 9.59 Å². The zero-order chi connectivity index (χ0) is 18.0. The molecule has 2 heterocycles. The Morgan fingerprint density at radius 2 is 1.80 bits per heavy atom. The summed E-state index contributed by atoms with van der Waals surface area (Å²) in [5, 5.41) is 0. The van der Waals surface area contributed by atoms with Crippen LogP contribution in [0.1, 0.15) is 30.1 Å². The van der Waals surface area contributed by atoms with E-state index in [1.54, 1.807) is 0 Å². The van der Waals surface area contributed by atoms with Gasteiger partial charge in [-0.2, -0.15) is 0 Å². The lowest BCUT2D eigenvalue weighted by Gasteiger charge is -2.38. The Balaban J connectivity index is 1.67. The fourth-order valence-electron chi connectivity index (χ4n) is 3.87. The fourth-order valence-corrected chi connectivity index (χ4v) is 3.87. The number of carbonyl (C=O) groups excluding carboxylic acids is 2. The van der Waals surface area contributed by atoms with E-state index in [2.05, 4.69) is 23.8 Å². The monoisotopic (exact) mass is 344 g/mol. The Morgan fingerprint density at radius 3 is 2.44 bits per heavy atom. The van der Waals surface area contributed by atoms with Crippen LogP contribution in [0.2, 0.25) is 0 Å². The molecule has 3 rings (SSSR count). The van der Waals surface area contributed by atoms with Gasteiger partial charge in [-0.3, -0.25) is 9.59 Å². The first-order chi connectivity index (χ1) is 12.0. The third kappa shape index (κ3) is 3.95. The van der Waals surface area contributed by atoms with Crippen LogP contribution < -0.4 is 10.6 Å². The number of piperazine rings is 1. The third-order valence-corrected chi connectivity index (χ3v) is 5.39. The summed E-state index contributed by atoms with van der Waals surface area (Å²) in [5.74, 6) is -0.206. The molecule has 2 aliphatic rings. The van der Waals surface area contributed by atoms with Crippen LogP contribution >= 0.6 is 0 Å². The molecule has 0 saturated carbocycles. The van der Waals surface area contributed by atoms with Crippen LogP contribution in [0.4, 0.5) is 5.69 Å². The van der Waals surface area contributed by atoms with Gasteiger partial charge in [-0.1, -0.05) is 0 Å². The van der Waals surface area contributed by atoms with E-state index in [1.165, 1.54) is 0 Å². The van der Waals surface area contributed by atoms with Crippen LogP contribution in [0.25, 0.3) is 0 Å². The zero-order valence-corrected chi connectivity index (χ0v) is 15.1. The number of hydrogen-bond acceptors (Lipinski definition) is 4. The van der Waals surface area contributed by atoms with Crippen molar-refractivity contribution in [2.45, 2.75) is 25.8 Å². The summed E-state index contributed by atoms with van der Waals surface area (Å²) < 4.78 is 0. The van der Waals surface area contributed by atoms with E-state index >= 15 is 0 Å². The quantitative estimate of drug-likeness (QED) is 0.893. The minimum Gasteiger partial charge on any atom is -0.371 e. The van der Waals surface area contributed by atoms with Gasteiger partial charge < -0.3 is 20.4 Å². The maximum absolute atomic E-state index is 12.8. The molecule has 0 spiro atoms. The number of nitrogens with two attached hydrogens (primary N) is 1. The molecular weight excluding hydrogens is 316 g/mol. The van der Waals surface area contributed by atoms with Gasteiger partial charge in [0.2, 0.25) is 5.91 Å². The second kappa shape index (κ2) is 7.44. The number of hydrogen-bond donors (Lipinski definition) is 1. The van der Waals surface area contributed by atoms with Crippen molar-refractivity contribution in [2.75, 3.05) is 44.7 Å². The molecule has 1 aromatic rings. The first-order valence-corrected chi connectivity index (χ1v) is 9.09. The summed E-state index contributed by atoms with van der Waals surface area (Å²) in [7, 11) is 2.09. The first-order valence-electron chi connectivity index (χ1n) is 9.09. The third-order valence-electron chi connectivity index (χ3n) is 5.39. The van der Waals surface area contributed by atoms with E-state index < -0.39 is 0 Å². The van der Waals surface area contributed by atoms with Gasteiger partial charge in [-0.05, 0) is 51.1 Å². The highest BCUT2D eigenvalue weighted by Crippen LogP contribution is 2.24. The Bertz CT molecular complexity index is 631. The van der Waals surface area contributed by atoms with Crippen molar-refractivity contribution < 1.29 is 9.59 Å². The minimum absolute atomic E-state index is 0.0822. The predicted octanol–water partition coefficient (Wildman–Crippen LogP) is 1.16. The molecule has 136 valence electrons. The summed E-state index contributed by atoms with van der Waals surface area (Å²) in [4.78, 5) is 30.6. The van der Waals surface area contributed by atoms with Crippen LogP contribution in [-0.2, 0) is 4.79 Å². The minimum atomic E-state index is -0.222. The lowest BCUT2D eigenvalue weighted by molar-refractivity contribution is -0.122. The maximum Gasteiger partial charge on any atom is 0.254 e. The van der Waals surface area contributed by atoms with Gasteiger partial charge in [0.15, 0.2) is 0 Å². The Labute approximate surface area is 149 Å². The number of piperidine rings is 1. The molecule has 6 heteroatoms. The van der Waals surface area contributed by atoms with Crippen LogP contribution in [0.5, 0.6) is 0 Å². The molecule has 0 unspecified atom stereocenters. The molecule has 0 bridgehead atoms. The molecule has 0 aliphatic carbocycles. The maximum atomic E-state index is 12.8. The molecule has 2 N–H and O–H groups in total. The molecule has 1 aromatic carbocycles. The number of carbonyl (C=O) groups is 2. The van der Waals surface area contributed by atoms with E-state index in [4.69, 9.17) is 5.73 Å². The van der Waals surface area contributed by atoms with Crippen LogP contribution in [0.15, 0.2) is 24.3 Å². The molecule has 6 nitrogen and oxygen atoms in total. The second-order valence-corrected chi connectivity index (χ2v) is 7.34. The zero-order valence-electron chi connectivity index (χ0n) is 15.1. The van der Waals surface area contributed by atoms with Crippen molar-refractivity contribution >= 4 is 17.5 Å². The van der Waals surface area contributed by atoms with E-state index in [1.807, 2.05) is 29.2 Å². The molecule has 2 aliphatic heterocycles. The molecule has 2 atom stereocenters. The average Bonchev–Trinajstić information content (AvgIpc) is 2.61. The molecule has 2 fully saturated rings. The smallest absolute Gasteiger partial charge is 0.254 e. The van der Waals surface area contributed by atoms with Gasteiger partial charge in [0.1, 0.15) is 0 Å². The van der Waals surface area contributed by atoms with Gasteiger partial charge in [0, 0.05) is 50.0 Å². The van der Waals surface area contributed by atoms with Crippen molar-refractivity contribution in [3.05, 3.63) is 29.8 Å². The number of likely N-dealkylation sites (N-methyl/N-ethyl adjacent to an activating group) is 1. The van der Waals surface area contributed by atoms with Crippen molar-refractivity contribution in [1.29, 1.82) is 0 Å². The van der Waals surface area contributed by atoms with Gasteiger partial charge in [0.05, 0.1) is 5.92 Å². The summed E-state index contributed by atoms with van der Waals surface area (Å²) in [6.07, 6.45) is 1.83. The topological polar surface area (TPSA) is 69.9 Å². The van der Waals surface area contributed by atoms with E-state index in [-0.39, 0.29) is 23.8 Å². The van der Waals surface area contributed by atoms with E-state index in [0.29, 0.717) is 6.54 Å². The number of anilines is 1. The van der Waals surface area contributed by atoms with Crippen molar-refractivity contribution in [2.24, 2.45) is 11.7 Å². The van der Waals surface area contributed by atoms with Gasteiger partial charge in [0.25, 0.3) is 5.91 Å². The SMILES string of the molecule is C[C@@H]1CN(C)CCN1C(=O)c1ccc(N2CCC[C@@H](C(N)=O)C2)cc1. The normalized spacial score (nSPS) is 25.0. The number of primary amides is 1. The largest absolute Gasteiger partial charge is 0.371 e. The van der Waals surface area contributed by atoms with E-state index in [0.717, 1.165) is 50.3 Å². The second-order valence-electron chi connectivity index (χ2n) is 7.34. The van der Waals surface area contributed by atoms with Gasteiger partial charge in [-0.15, -0.1) is 0 Å². The number of benzene rings is 1. The molecule has 25 heavy (non-hydrogen) atoms. The summed E-state index contributed by atoms with van der Waals surface area (Å²) >= 11 is 0. The van der Waals surface area contributed by atoms with Crippen molar-refractivity contribution in [3.63, 3.8) is 0 Å². The van der Waals surface area contributed by atoms with Crippen molar-refractivity contribution in [3.8, 4) is 0 Å². The molecule has 0 radical (unpaired) electrons. The lowest BCUT2D eigenvalue weighted by Crippen LogP contribution is -2.52. The highest BCUT2D eigenvalue weighted by Gasteiger charge is 2.27. The van der Waals surface area contributed by atoms with Gasteiger partial charge in [-0.25, -0.2) is 0 Å². The van der Waals surface area contributed by atoms with Gasteiger partial charge >= 0.3 is 0 Å². The summed E-state index contributed by atoms with van der Waals surface area (Å²) in [6, 6.07) is 7.99. The van der Waals surface area contributed by atoms with Crippen LogP contribution in [0, 0.1) is 5.92 Å². The van der Waals surface area contributed by atoms with Crippen molar-refractivity contribution in [1.82, 2.24) is 9.80 Å².